The quantitative estimate of drug-likeness (QED) is 0.594. The van der Waals surface area contributed by atoms with E-state index in [1.165, 1.54) is 27.8 Å². The number of hydrogen-bond donors (Lipinski definition) is 1. The molecule has 1 amide bonds. The Morgan fingerprint density at radius 1 is 1.25 bits per heavy atom. The van der Waals surface area contributed by atoms with Crippen LogP contribution in [0.2, 0.25) is 0 Å². The highest BCUT2D eigenvalue weighted by Gasteiger charge is 2.35. The van der Waals surface area contributed by atoms with Crippen molar-refractivity contribution in [1.82, 2.24) is 14.4 Å². The van der Waals surface area contributed by atoms with Gasteiger partial charge < -0.3 is 9.84 Å². The lowest BCUT2D eigenvalue weighted by Gasteiger charge is -2.31. The Bertz CT molecular complexity index is 1270. The number of anilines is 1. The van der Waals surface area contributed by atoms with Crippen LogP contribution in [0.4, 0.5) is 14.5 Å². The van der Waals surface area contributed by atoms with E-state index < -0.39 is 33.5 Å². The molecule has 170 valence electrons. The number of amides is 1. The number of aryl methyl sites for hydroxylation is 2. The van der Waals surface area contributed by atoms with Gasteiger partial charge >= 0.3 is 0 Å². The number of thiophene rings is 1. The molecule has 0 unspecified atom stereocenters. The van der Waals surface area contributed by atoms with Crippen LogP contribution in [-0.2, 0) is 14.8 Å². The van der Waals surface area contributed by atoms with Gasteiger partial charge in [0.25, 0.3) is 0 Å². The summed E-state index contributed by atoms with van der Waals surface area (Å²) in [5, 5.41) is 6.37. The van der Waals surface area contributed by atoms with Gasteiger partial charge in [-0.05, 0) is 38.0 Å². The van der Waals surface area contributed by atoms with Crippen molar-refractivity contribution >= 4 is 33.0 Å². The minimum Gasteiger partial charge on any atom is -0.339 e. The third-order valence-corrected chi connectivity index (χ3v) is 8.35. The molecule has 0 spiro atoms. The first-order valence-corrected chi connectivity index (χ1v) is 12.1. The first-order valence-electron chi connectivity index (χ1n) is 9.82. The lowest BCUT2D eigenvalue weighted by Crippen LogP contribution is -2.43. The number of sulfonamides is 1. The number of aromatic nitrogens is 2. The average Bonchev–Trinajstić information content (AvgIpc) is 3.36. The van der Waals surface area contributed by atoms with Gasteiger partial charge in [-0.2, -0.15) is 9.29 Å². The zero-order chi connectivity index (χ0) is 23.0. The Kier molecular flexibility index (Phi) is 6.10. The molecule has 1 atom stereocenters. The van der Waals surface area contributed by atoms with E-state index in [2.05, 4.69) is 15.5 Å². The molecular weight excluding hydrogens is 462 g/mol. The molecule has 0 saturated carbocycles. The predicted molar refractivity (Wildman–Crippen MR) is 114 cm³/mol. The second-order valence-electron chi connectivity index (χ2n) is 7.49. The van der Waals surface area contributed by atoms with Crippen LogP contribution in [0.1, 0.15) is 23.6 Å². The molecule has 1 aromatic carbocycles. The van der Waals surface area contributed by atoms with E-state index in [9.17, 15) is 22.0 Å². The number of benzene rings is 1. The first-order chi connectivity index (χ1) is 15.1. The molecule has 1 N–H and O–H groups in total. The molecule has 1 saturated heterocycles. The molecule has 1 aliphatic heterocycles. The molecule has 0 radical (unpaired) electrons. The minimum atomic E-state index is -3.86. The summed E-state index contributed by atoms with van der Waals surface area (Å²) in [5.41, 5.74) is 0.114. The number of carbonyl (C=O) groups excluding carboxylic acids is 1. The highest BCUT2D eigenvalue weighted by atomic mass is 32.2. The van der Waals surface area contributed by atoms with Gasteiger partial charge in [-0.25, -0.2) is 17.2 Å². The van der Waals surface area contributed by atoms with Gasteiger partial charge in [0.2, 0.25) is 27.6 Å². The Labute approximate surface area is 187 Å². The molecule has 8 nitrogen and oxygen atoms in total. The van der Waals surface area contributed by atoms with E-state index in [-0.39, 0.29) is 23.7 Å². The van der Waals surface area contributed by atoms with Gasteiger partial charge in [0.1, 0.15) is 0 Å². The van der Waals surface area contributed by atoms with Gasteiger partial charge in [-0.15, -0.1) is 11.3 Å². The maximum Gasteiger partial charge on any atom is 0.244 e. The van der Waals surface area contributed by atoms with Crippen molar-refractivity contribution in [3.63, 3.8) is 0 Å². The Morgan fingerprint density at radius 3 is 2.72 bits per heavy atom. The van der Waals surface area contributed by atoms with Crippen LogP contribution < -0.4 is 5.32 Å². The summed E-state index contributed by atoms with van der Waals surface area (Å²) < 4.78 is 59.4. The van der Waals surface area contributed by atoms with Gasteiger partial charge in [-0.3, -0.25) is 4.79 Å². The molecule has 32 heavy (non-hydrogen) atoms. The third-order valence-electron chi connectivity index (χ3n) is 5.18. The molecule has 4 rings (SSSR count). The summed E-state index contributed by atoms with van der Waals surface area (Å²) in [5.74, 6) is -2.46. The van der Waals surface area contributed by atoms with Gasteiger partial charge in [-0.1, -0.05) is 5.16 Å². The van der Waals surface area contributed by atoms with Gasteiger partial charge in [0.05, 0.1) is 15.7 Å². The Hall–Kier alpha value is -2.70. The SMILES string of the molecule is Cc1nc(-c2cc(S(=O)(=O)N3CCC[C@H](C(=O)Nc4ccc(F)c(F)c4)C3)c(C)s2)no1. The van der Waals surface area contributed by atoms with E-state index in [0.29, 0.717) is 34.3 Å². The summed E-state index contributed by atoms with van der Waals surface area (Å²) in [4.78, 5) is 18.1. The standard InChI is InChI=1S/C20H20F2N4O4S2/c1-11-18(9-17(31-11)19-23-12(2)30-25-19)32(28,29)26-7-3-4-13(10-26)20(27)24-14-5-6-15(21)16(22)8-14/h5-6,8-9,13H,3-4,7,10H2,1-2H3,(H,24,27)/t13-/m0/s1. The van der Waals surface area contributed by atoms with Crippen LogP contribution >= 0.6 is 11.3 Å². The summed E-state index contributed by atoms with van der Waals surface area (Å²) >= 11 is 1.25. The minimum absolute atomic E-state index is 0.0101. The second kappa shape index (κ2) is 8.68. The first kappa shape index (κ1) is 22.5. The number of carbonyl (C=O) groups is 1. The molecular formula is C20H20F2N4O4S2. The van der Waals surface area contributed by atoms with E-state index in [1.54, 1.807) is 13.8 Å². The summed E-state index contributed by atoms with van der Waals surface area (Å²) in [6.45, 7) is 3.62. The normalized spacial score (nSPS) is 17.4. The monoisotopic (exact) mass is 482 g/mol. The highest BCUT2D eigenvalue weighted by Crippen LogP contribution is 2.35. The van der Waals surface area contributed by atoms with E-state index in [0.717, 1.165) is 12.1 Å². The Balaban J connectivity index is 1.51. The van der Waals surface area contributed by atoms with E-state index >= 15 is 0 Å². The number of nitrogens with zero attached hydrogens (tertiary/aromatic N) is 3. The van der Waals surface area contributed by atoms with E-state index in [1.807, 2.05) is 0 Å². The molecule has 1 aliphatic rings. The maximum absolute atomic E-state index is 13.4. The molecule has 12 heteroatoms. The van der Waals surface area contributed by atoms with Crippen molar-refractivity contribution in [2.75, 3.05) is 18.4 Å². The lowest BCUT2D eigenvalue weighted by atomic mass is 9.98. The zero-order valence-electron chi connectivity index (χ0n) is 17.3. The van der Waals surface area contributed by atoms with Crippen LogP contribution in [0.15, 0.2) is 33.7 Å². The van der Waals surface area contributed by atoms with Gasteiger partial charge in [0, 0.05) is 36.6 Å². The number of halogens is 2. The van der Waals surface area contributed by atoms with Crippen LogP contribution in [0.3, 0.4) is 0 Å². The van der Waals surface area contributed by atoms with Crippen molar-refractivity contribution in [3.8, 4) is 10.7 Å². The molecule has 3 aromatic rings. The Morgan fingerprint density at radius 2 is 2.03 bits per heavy atom. The number of piperidine rings is 1. The van der Waals surface area contributed by atoms with Crippen LogP contribution in [0.5, 0.6) is 0 Å². The van der Waals surface area contributed by atoms with Crippen LogP contribution in [0, 0.1) is 31.4 Å². The molecule has 3 heterocycles. The number of hydrogen-bond acceptors (Lipinski definition) is 7. The fourth-order valence-electron chi connectivity index (χ4n) is 3.56. The van der Waals surface area contributed by atoms with Crippen molar-refractivity contribution in [1.29, 1.82) is 0 Å². The molecule has 0 aliphatic carbocycles. The second-order valence-corrected chi connectivity index (χ2v) is 10.7. The molecule has 1 fully saturated rings. The van der Waals surface area contributed by atoms with Crippen molar-refractivity contribution in [2.45, 2.75) is 31.6 Å². The lowest BCUT2D eigenvalue weighted by molar-refractivity contribution is -0.120. The largest absolute Gasteiger partial charge is 0.339 e. The van der Waals surface area contributed by atoms with Gasteiger partial charge in [0.15, 0.2) is 11.6 Å². The predicted octanol–water partition coefficient (Wildman–Crippen LogP) is 3.73. The molecule has 0 bridgehead atoms. The van der Waals surface area contributed by atoms with Crippen molar-refractivity contribution in [3.05, 3.63) is 46.7 Å². The van der Waals surface area contributed by atoms with Crippen molar-refractivity contribution in [2.24, 2.45) is 5.92 Å². The topological polar surface area (TPSA) is 105 Å². The van der Waals surface area contributed by atoms with Crippen molar-refractivity contribution < 1.29 is 26.5 Å². The number of rotatable bonds is 5. The summed E-state index contributed by atoms with van der Waals surface area (Å²) in [6.07, 6.45) is 0.979. The zero-order valence-corrected chi connectivity index (χ0v) is 18.9. The maximum atomic E-state index is 13.4. The third kappa shape index (κ3) is 4.43. The molecule has 2 aromatic heterocycles. The highest BCUT2D eigenvalue weighted by molar-refractivity contribution is 7.89. The fourth-order valence-corrected chi connectivity index (χ4v) is 6.57. The van der Waals surface area contributed by atoms with Crippen LogP contribution in [0.25, 0.3) is 10.7 Å². The summed E-state index contributed by atoms with van der Waals surface area (Å²) in [6, 6.07) is 4.58. The number of nitrogens with one attached hydrogen (secondary N) is 1. The average molecular weight is 483 g/mol. The summed E-state index contributed by atoms with van der Waals surface area (Å²) in [7, 11) is -3.86. The van der Waals surface area contributed by atoms with E-state index in [4.69, 9.17) is 4.52 Å². The fraction of sp³-hybridized carbons (Fsp3) is 0.350. The smallest absolute Gasteiger partial charge is 0.244 e. The van der Waals surface area contributed by atoms with Crippen LogP contribution in [-0.4, -0.2) is 41.9 Å².